The summed E-state index contributed by atoms with van der Waals surface area (Å²) in [6.45, 7) is 7.58. The van der Waals surface area contributed by atoms with Crippen LogP contribution in [0.1, 0.15) is 31.1 Å². The number of allylic oxidation sites excluding steroid dienone is 2. The first-order valence-corrected chi connectivity index (χ1v) is 8.55. The summed E-state index contributed by atoms with van der Waals surface area (Å²) in [6.07, 6.45) is 2.02. The maximum atomic E-state index is 12.5. The third-order valence-electron chi connectivity index (χ3n) is 3.88. The summed E-state index contributed by atoms with van der Waals surface area (Å²) >= 11 is 6.97. The van der Waals surface area contributed by atoms with Crippen LogP contribution in [0.5, 0.6) is 0 Å². The van der Waals surface area contributed by atoms with E-state index in [1.165, 1.54) is 11.3 Å². The molecule has 0 aliphatic carbocycles. The molecule has 2 rings (SSSR count). The second-order valence-electron chi connectivity index (χ2n) is 5.24. The zero-order valence-corrected chi connectivity index (χ0v) is 14.7. The van der Waals surface area contributed by atoms with Crippen LogP contribution in [0, 0.1) is 16.7 Å². The van der Waals surface area contributed by atoms with Crippen molar-refractivity contribution < 1.29 is 9.53 Å². The van der Waals surface area contributed by atoms with Gasteiger partial charge in [-0.15, -0.1) is 17.9 Å². The Bertz CT molecular complexity index is 701. The highest BCUT2D eigenvalue weighted by atomic mass is 32.1. The number of nitriles is 1. The Morgan fingerprint density at radius 2 is 2.43 bits per heavy atom. The van der Waals surface area contributed by atoms with Crippen molar-refractivity contribution in [1.82, 2.24) is 5.32 Å². The Labute approximate surface area is 145 Å². The van der Waals surface area contributed by atoms with Crippen LogP contribution in [0.2, 0.25) is 0 Å². The van der Waals surface area contributed by atoms with Gasteiger partial charge in [0.2, 0.25) is 0 Å². The summed E-state index contributed by atoms with van der Waals surface area (Å²) in [4.78, 5) is 13.9. The van der Waals surface area contributed by atoms with Gasteiger partial charge < -0.3 is 10.1 Å². The highest BCUT2D eigenvalue weighted by Crippen LogP contribution is 2.49. The van der Waals surface area contributed by atoms with E-state index in [4.69, 9.17) is 17.0 Å². The number of thiocarbonyl (C=S) groups is 1. The van der Waals surface area contributed by atoms with Crippen LogP contribution >= 0.6 is 23.6 Å². The molecule has 0 fully saturated rings. The van der Waals surface area contributed by atoms with Gasteiger partial charge in [-0.05, 0) is 31.7 Å². The Balaban J connectivity index is 2.70. The van der Waals surface area contributed by atoms with Crippen LogP contribution in [0.25, 0.3) is 0 Å². The van der Waals surface area contributed by atoms with Crippen molar-refractivity contribution >= 4 is 34.5 Å². The molecule has 6 heteroatoms. The number of rotatable bonds is 5. The van der Waals surface area contributed by atoms with E-state index in [2.05, 4.69) is 18.0 Å². The van der Waals surface area contributed by atoms with Gasteiger partial charge in [0.25, 0.3) is 0 Å². The van der Waals surface area contributed by atoms with Gasteiger partial charge in [-0.3, -0.25) is 0 Å². The minimum absolute atomic E-state index is 0.276. The number of carbonyl (C=O) groups excluding carboxylic acids is 1. The lowest BCUT2D eigenvalue weighted by atomic mass is 9.67. The first kappa shape index (κ1) is 17.4. The van der Waals surface area contributed by atoms with Crippen LogP contribution in [0.4, 0.5) is 0 Å². The van der Waals surface area contributed by atoms with Gasteiger partial charge in [-0.25, -0.2) is 4.79 Å². The largest absolute Gasteiger partial charge is 0.463 e. The summed E-state index contributed by atoms with van der Waals surface area (Å²) in [5, 5.41) is 14.9. The van der Waals surface area contributed by atoms with Gasteiger partial charge in [0, 0.05) is 10.6 Å². The topological polar surface area (TPSA) is 62.1 Å². The van der Waals surface area contributed by atoms with E-state index in [9.17, 15) is 10.1 Å². The summed E-state index contributed by atoms with van der Waals surface area (Å²) in [6, 6.07) is 6.17. The van der Waals surface area contributed by atoms with E-state index in [0.717, 1.165) is 4.88 Å². The van der Waals surface area contributed by atoms with Crippen LogP contribution in [0.15, 0.2) is 41.4 Å². The molecule has 0 unspecified atom stereocenters. The quantitative estimate of drug-likeness (QED) is 0.500. The third kappa shape index (κ3) is 2.94. The molecule has 1 aromatic heterocycles. The van der Waals surface area contributed by atoms with Crippen molar-refractivity contribution in [3.05, 3.63) is 46.3 Å². The third-order valence-corrected chi connectivity index (χ3v) is 5.28. The lowest BCUT2D eigenvalue weighted by Gasteiger charge is -2.40. The lowest BCUT2D eigenvalue weighted by molar-refractivity contribution is -0.139. The zero-order valence-electron chi connectivity index (χ0n) is 13.1. The van der Waals surface area contributed by atoms with Crippen molar-refractivity contribution in [1.29, 1.82) is 5.26 Å². The first-order valence-electron chi connectivity index (χ1n) is 7.26. The molecule has 0 amide bonds. The van der Waals surface area contributed by atoms with Gasteiger partial charge >= 0.3 is 5.97 Å². The van der Waals surface area contributed by atoms with E-state index < -0.39 is 17.3 Å². The number of ether oxygens (including phenoxy) is 1. The average Bonchev–Trinajstić information content (AvgIpc) is 3.03. The molecular formula is C17H18N2O2S2. The second-order valence-corrected chi connectivity index (χ2v) is 6.63. The molecule has 23 heavy (non-hydrogen) atoms. The van der Waals surface area contributed by atoms with Crippen LogP contribution in [-0.4, -0.2) is 17.6 Å². The first-order chi connectivity index (χ1) is 11.0. The molecule has 1 N–H and O–H groups in total. The maximum absolute atomic E-state index is 12.5. The van der Waals surface area contributed by atoms with Crippen LogP contribution in [0.3, 0.4) is 0 Å². The number of hydrogen-bond acceptors (Lipinski definition) is 5. The molecular weight excluding hydrogens is 328 g/mol. The number of nitrogens with one attached hydrogen (secondary N) is 1. The average molecular weight is 346 g/mol. The molecule has 0 saturated heterocycles. The molecule has 0 bridgehead atoms. The Hall–Kier alpha value is -1.97. The fourth-order valence-electron chi connectivity index (χ4n) is 2.86. The SMILES string of the molecule is C=CC[C@@]1(C#N)C(=S)NC(C)=C(C(=O)OCC)[C@H]1c1cccs1. The standard InChI is InChI=1S/C17H18N2O2S2/c1-4-8-17(10-18)14(12-7-6-9-23-12)13(15(20)21-5-2)11(3)19-16(17)22/h4,6-7,9,14H,1,5,8H2,2-3H3,(H,19,22)/t14-,17+/m1/s1. The molecule has 1 aromatic rings. The molecule has 0 saturated carbocycles. The van der Waals surface area contributed by atoms with Gasteiger partial charge in [0.1, 0.15) is 10.4 Å². The molecule has 2 atom stereocenters. The molecule has 0 spiro atoms. The molecule has 0 radical (unpaired) electrons. The number of nitrogens with zero attached hydrogens (tertiary/aromatic N) is 1. The molecule has 1 aliphatic rings. The van der Waals surface area contributed by atoms with Crippen LogP contribution < -0.4 is 5.32 Å². The molecule has 1 aliphatic heterocycles. The Morgan fingerprint density at radius 1 is 1.70 bits per heavy atom. The number of hydrogen-bond donors (Lipinski definition) is 1. The minimum Gasteiger partial charge on any atom is -0.463 e. The Kier molecular flexibility index (Phi) is 5.34. The summed E-state index contributed by atoms with van der Waals surface area (Å²) in [5.41, 5.74) is 0.0666. The van der Waals surface area contributed by atoms with Crippen molar-refractivity contribution in [2.24, 2.45) is 5.41 Å². The van der Waals surface area contributed by atoms with Crippen LogP contribution in [-0.2, 0) is 9.53 Å². The minimum atomic E-state index is -1.04. The molecule has 120 valence electrons. The highest BCUT2D eigenvalue weighted by molar-refractivity contribution is 7.80. The fraction of sp³-hybridized carbons (Fsp3) is 0.353. The van der Waals surface area contributed by atoms with Crippen molar-refractivity contribution in [2.45, 2.75) is 26.2 Å². The summed E-state index contributed by atoms with van der Waals surface area (Å²) < 4.78 is 5.22. The van der Waals surface area contributed by atoms with Crippen molar-refractivity contribution in [2.75, 3.05) is 6.61 Å². The van der Waals surface area contributed by atoms with Gasteiger partial charge in [-0.1, -0.05) is 24.4 Å². The van der Waals surface area contributed by atoms with E-state index in [-0.39, 0.29) is 6.61 Å². The second kappa shape index (κ2) is 7.07. The van der Waals surface area contributed by atoms with E-state index in [1.54, 1.807) is 19.9 Å². The van der Waals surface area contributed by atoms with Gasteiger partial charge in [0.15, 0.2) is 0 Å². The maximum Gasteiger partial charge on any atom is 0.336 e. The predicted octanol–water partition coefficient (Wildman–Crippen LogP) is 3.69. The number of carbonyl (C=O) groups is 1. The predicted molar refractivity (Wildman–Crippen MR) is 95.0 cm³/mol. The van der Waals surface area contributed by atoms with Crippen molar-refractivity contribution in [3.63, 3.8) is 0 Å². The fourth-order valence-corrected chi connectivity index (χ4v) is 4.19. The lowest BCUT2D eigenvalue weighted by Crippen LogP contribution is -2.48. The number of thiophene rings is 1. The van der Waals surface area contributed by atoms with Crippen molar-refractivity contribution in [3.8, 4) is 6.07 Å². The normalized spacial score (nSPS) is 23.9. The highest BCUT2D eigenvalue weighted by Gasteiger charge is 2.51. The zero-order chi connectivity index (χ0) is 17.0. The van der Waals surface area contributed by atoms with E-state index in [1.807, 2.05) is 17.5 Å². The summed E-state index contributed by atoms with van der Waals surface area (Å²) in [5.74, 6) is -0.875. The summed E-state index contributed by atoms with van der Waals surface area (Å²) in [7, 11) is 0. The van der Waals surface area contributed by atoms with E-state index >= 15 is 0 Å². The van der Waals surface area contributed by atoms with Gasteiger partial charge in [0.05, 0.1) is 24.2 Å². The monoisotopic (exact) mass is 346 g/mol. The number of esters is 1. The molecule has 4 nitrogen and oxygen atoms in total. The Morgan fingerprint density at radius 3 is 2.96 bits per heavy atom. The van der Waals surface area contributed by atoms with E-state index in [0.29, 0.717) is 22.7 Å². The molecule has 0 aromatic carbocycles. The smallest absolute Gasteiger partial charge is 0.336 e. The van der Waals surface area contributed by atoms with Gasteiger partial charge in [-0.2, -0.15) is 5.26 Å². The molecule has 2 heterocycles.